The first-order chi connectivity index (χ1) is 10.6. The largest absolute Gasteiger partial charge is 0.353 e. The summed E-state index contributed by atoms with van der Waals surface area (Å²) in [5.74, 6) is 0.658. The van der Waals surface area contributed by atoms with Crippen molar-refractivity contribution in [2.24, 2.45) is 18.4 Å². The minimum absolute atomic E-state index is 0.313. The molecule has 3 fully saturated rings. The zero-order chi connectivity index (χ0) is 15.2. The zero-order valence-electron chi connectivity index (χ0n) is 13.4. The molecular weight excluding hydrogens is 276 g/mol. The third kappa shape index (κ3) is 2.78. The average molecular weight is 302 g/mol. The van der Waals surface area contributed by atoms with Crippen LogP contribution in [0.15, 0.2) is 12.3 Å². The molecule has 1 aromatic heterocycles. The van der Waals surface area contributed by atoms with Gasteiger partial charge in [0.1, 0.15) is 0 Å². The Morgan fingerprint density at radius 2 is 2.09 bits per heavy atom. The lowest BCUT2D eigenvalue weighted by Crippen LogP contribution is -2.55. The minimum Gasteiger partial charge on any atom is -0.353 e. The highest BCUT2D eigenvalue weighted by molar-refractivity contribution is 5.81. The quantitative estimate of drug-likeness (QED) is 0.921. The Hall–Kier alpha value is -1.36. The Morgan fingerprint density at radius 3 is 2.68 bits per heavy atom. The highest BCUT2D eigenvalue weighted by Crippen LogP contribution is 2.49. The highest BCUT2D eigenvalue weighted by atomic mass is 16.2. The number of carbonyl (C=O) groups is 1. The molecule has 2 heterocycles. The van der Waals surface area contributed by atoms with Crippen molar-refractivity contribution in [2.75, 3.05) is 13.1 Å². The van der Waals surface area contributed by atoms with E-state index in [9.17, 15) is 4.79 Å². The van der Waals surface area contributed by atoms with Gasteiger partial charge in [-0.3, -0.25) is 14.4 Å². The maximum atomic E-state index is 11.8. The standard InChI is InChI=1S/C17H26N4O/c1-20-15(4-7-18-20)12-21-8-5-17(6-9-21)10-14(11-17)19-16(22)13-2-3-13/h4,7,13-14H,2-3,5-6,8-12H2,1H3,(H,19,22). The number of hydrogen-bond acceptors (Lipinski definition) is 3. The summed E-state index contributed by atoms with van der Waals surface area (Å²) in [6.45, 7) is 3.36. The smallest absolute Gasteiger partial charge is 0.223 e. The second-order valence-corrected chi connectivity index (χ2v) is 7.61. The molecule has 4 rings (SSSR count). The summed E-state index contributed by atoms with van der Waals surface area (Å²) in [5.41, 5.74) is 1.81. The van der Waals surface area contributed by atoms with Crippen molar-refractivity contribution < 1.29 is 4.79 Å². The number of amides is 1. The van der Waals surface area contributed by atoms with E-state index in [0.717, 1.165) is 19.4 Å². The molecule has 3 aliphatic rings. The number of piperidine rings is 1. The molecule has 0 radical (unpaired) electrons. The fourth-order valence-corrected chi connectivity index (χ4v) is 4.13. The fraction of sp³-hybridized carbons (Fsp3) is 0.765. The zero-order valence-corrected chi connectivity index (χ0v) is 13.4. The Labute approximate surface area is 132 Å². The van der Waals surface area contributed by atoms with E-state index in [0.29, 0.717) is 23.3 Å². The first-order valence-electron chi connectivity index (χ1n) is 8.63. The Morgan fingerprint density at radius 1 is 1.36 bits per heavy atom. The van der Waals surface area contributed by atoms with E-state index < -0.39 is 0 Å². The molecular formula is C17H26N4O. The summed E-state index contributed by atoms with van der Waals surface area (Å²) in [5, 5.41) is 7.49. The van der Waals surface area contributed by atoms with Gasteiger partial charge in [0.25, 0.3) is 0 Å². The van der Waals surface area contributed by atoms with Gasteiger partial charge in [-0.1, -0.05) is 0 Å². The predicted molar refractivity (Wildman–Crippen MR) is 84.0 cm³/mol. The SMILES string of the molecule is Cn1nccc1CN1CCC2(CC1)CC(NC(=O)C1CC1)C2. The van der Waals surface area contributed by atoms with Gasteiger partial charge in [-0.2, -0.15) is 5.10 Å². The Bertz CT molecular complexity index is 547. The van der Waals surface area contributed by atoms with E-state index in [1.165, 1.54) is 44.5 Å². The number of nitrogens with zero attached hydrogens (tertiary/aromatic N) is 3. The van der Waals surface area contributed by atoms with Crippen LogP contribution in [-0.4, -0.2) is 39.7 Å². The van der Waals surface area contributed by atoms with Gasteiger partial charge in [0, 0.05) is 31.7 Å². The normalized spacial score (nSPS) is 25.1. The summed E-state index contributed by atoms with van der Waals surface area (Å²) in [7, 11) is 2.01. The number of hydrogen-bond donors (Lipinski definition) is 1. The van der Waals surface area contributed by atoms with Crippen molar-refractivity contribution >= 4 is 5.91 Å². The maximum Gasteiger partial charge on any atom is 0.223 e. The molecule has 0 atom stereocenters. The van der Waals surface area contributed by atoms with Crippen molar-refractivity contribution in [1.29, 1.82) is 0 Å². The van der Waals surface area contributed by atoms with Crippen molar-refractivity contribution in [3.63, 3.8) is 0 Å². The van der Waals surface area contributed by atoms with E-state index in [2.05, 4.69) is 21.4 Å². The van der Waals surface area contributed by atoms with Crippen LogP contribution in [0.4, 0.5) is 0 Å². The molecule has 1 N–H and O–H groups in total. The number of carbonyl (C=O) groups excluding carboxylic acids is 1. The molecule has 1 saturated heterocycles. The van der Waals surface area contributed by atoms with Gasteiger partial charge < -0.3 is 5.32 Å². The van der Waals surface area contributed by atoms with Gasteiger partial charge in [0.15, 0.2) is 0 Å². The molecule has 1 spiro atoms. The molecule has 0 aromatic carbocycles. The lowest BCUT2D eigenvalue weighted by Gasteiger charge is -2.52. The van der Waals surface area contributed by atoms with E-state index in [4.69, 9.17) is 0 Å². The number of likely N-dealkylation sites (tertiary alicyclic amines) is 1. The Kier molecular flexibility index (Phi) is 3.48. The van der Waals surface area contributed by atoms with Crippen LogP contribution >= 0.6 is 0 Å². The van der Waals surface area contributed by atoms with Gasteiger partial charge >= 0.3 is 0 Å². The van der Waals surface area contributed by atoms with Crippen LogP contribution < -0.4 is 5.32 Å². The van der Waals surface area contributed by atoms with E-state index >= 15 is 0 Å². The molecule has 1 aromatic rings. The molecule has 0 bridgehead atoms. The Balaban J connectivity index is 1.23. The molecule has 0 unspecified atom stereocenters. The second kappa shape index (κ2) is 5.37. The molecule has 120 valence electrons. The van der Waals surface area contributed by atoms with Gasteiger partial charge in [-0.25, -0.2) is 0 Å². The van der Waals surface area contributed by atoms with Crippen LogP contribution in [0, 0.1) is 11.3 Å². The second-order valence-electron chi connectivity index (χ2n) is 7.61. The van der Waals surface area contributed by atoms with Crippen molar-refractivity contribution in [1.82, 2.24) is 20.0 Å². The number of nitrogens with one attached hydrogen (secondary N) is 1. The van der Waals surface area contributed by atoms with Crippen LogP contribution in [0.5, 0.6) is 0 Å². The van der Waals surface area contributed by atoms with Crippen LogP contribution in [0.1, 0.15) is 44.2 Å². The van der Waals surface area contributed by atoms with Crippen LogP contribution in [-0.2, 0) is 18.4 Å². The third-order valence-corrected chi connectivity index (χ3v) is 5.88. The average Bonchev–Trinajstić information content (AvgIpc) is 3.25. The van der Waals surface area contributed by atoms with Gasteiger partial charge in [0.2, 0.25) is 5.91 Å². The summed E-state index contributed by atoms with van der Waals surface area (Å²) < 4.78 is 1.97. The topological polar surface area (TPSA) is 50.2 Å². The maximum absolute atomic E-state index is 11.8. The van der Waals surface area contributed by atoms with Crippen LogP contribution in [0.2, 0.25) is 0 Å². The van der Waals surface area contributed by atoms with Crippen LogP contribution in [0.25, 0.3) is 0 Å². The number of aromatic nitrogens is 2. The van der Waals surface area contributed by atoms with Gasteiger partial charge in [0.05, 0.1) is 5.69 Å². The minimum atomic E-state index is 0.313. The van der Waals surface area contributed by atoms with E-state index in [-0.39, 0.29) is 0 Å². The van der Waals surface area contributed by atoms with Crippen molar-refractivity contribution in [3.8, 4) is 0 Å². The predicted octanol–water partition coefficient (Wildman–Crippen LogP) is 1.69. The molecule has 22 heavy (non-hydrogen) atoms. The highest BCUT2D eigenvalue weighted by Gasteiger charge is 2.47. The van der Waals surface area contributed by atoms with Crippen molar-refractivity contribution in [2.45, 2.75) is 51.1 Å². The monoisotopic (exact) mass is 302 g/mol. The lowest BCUT2D eigenvalue weighted by atomic mass is 9.60. The number of rotatable bonds is 4. The molecule has 2 saturated carbocycles. The molecule has 5 nitrogen and oxygen atoms in total. The van der Waals surface area contributed by atoms with Crippen LogP contribution in [0.3, 0.4) is 0 Å². The lowest BCUT2D eigenvalue weighted by molar-refractivity contribution is -0.125. The fourth-order valence-electron chi connectivity index (χ4n) is 4.13. The summed E-state index contributed by atoms with van der Waals surface area (Å²) in [4.78, 5) is 14.4. The van der Waals surface area contributed by atoms with E-state index in [1.807, 2.05) is 17.9 Å². The summed E-state index contributed by atoms with van der Waals surface area (Å²) in [6.07, 6.45) is 9.04. The molecule has 1 aliphatic heterocycles. The van der Waals surface area contributed by atoms with Gasteiger partial charge in [-0.05, 0) is 63.1 Å². The molecule has 1 amide bonds. The molecule has 5 heteroatoms. The number of aryl methyl sites for hydroxylation is 1. The van der Waals surface area contributed by atoms with Gasteiger partial charge in [-0.15, -0.1) is 0 Å². The summed E-state index contributed by atoms with van der Waals surface area (Å²) >= 11 is 0. The summed E-state index contributed by atoms with van der Waals surface area (Å²) in [6, 6.07) is 2.56. The first kappa shape index (κ1) is 14.2. The first-order valence-corrected chi connectivity index (χ1v) is 8.63. The van der Waals surface area contributed by atoms with Crippen molar-refractivity contribution in [3.05, 3.63) is 18.0 Å². The third-order valence-electron chi connectivity index (χ3n) is 5.88. The molecule has 2 aliphatic carbocycles. The van der Waals surface area contributed by atoms with E-state index in [1.54, 1.807) is 0 Å².